The lowest BCUT2D eigenvalue weighted by Crippen LogP contribution is -2.57. The number of carboxylic acid groups (broad SMARTS) is 1. The molecule has 0 aromatic carbocycles. The number of aliphatic carboxylic acids is 1. The average molecular weight is 260 g/mol. The molecule has 0 aromatic heterocycles. The van der Waals surface area contributed by atoms with Crippen molar-refractivity contribution < 1.29 is 14.6 Å². The molecule has 0 aliphatic heterocycles. The Kier molecular flexibility index (Phi) is 8.97. The summed E-state index contributed by atoms with van der Waals surface area (Å²) in [5, 5.41) is 12.5. The van der Waals surface area contributed by atoms with Crippen LogP contribution in [-0.2, 0) is 9.53 Å². The van der Waals surface area contributed by atoms with Crippen molar-refractivity contribution in [3.05, 3.63) is 0 Å². The molecule has 5 heteroatoms. The Morgan fingerprint density at radius 2 is 2.06 bits per heavy atom. The Balaban J connectivity index is 4.38. The molecule has 108 valence electrons. The highest BCUT2D eigenvalue weighted by atomic mass is 16.5. The first-order valence-corrected chi connectivity index (χ1v) is 6.78. The van der Waals surface area contributed by atoms with Crippen molar-refractivity contribution in [2.75, 3.05) is 39.4 Å². The second-order valence-electron chi connectivity index (χ2n) is 4.63. The largest absolute Gasteiger partial charge is 0.480 e. The van der Waals surface area contributed by atoms with E-state index in [4.69, 9.17) is 4.74 Å². The van der Waals surface area contributed by atoms with Gasteiger partial charge in [-0.05, 0) is 33.4 Å². The Hall–Kier alpha value is -0.650. The van der Waals surface area contributed by atoms with Crippen LogP contribution in [0.5, 0.6) is 0 Å². The first-order valence-electron chi connectivity index (χ1n) is 6.78. The van der Waals surface area contributed by atoms with Crippen molar-refractivity contribution in [2.24, 2.45) is 0 Å². The summed E-state index contributed by atoms with van der Waals surface area (Å²) < 4.78 is 5.31. The minimum Gasteiger partial charge on any atom is -0.480 e. The van der Waals surface area contributed by atoms with E-state index >= 15 is 0 Å². The van der Waals surface area contributed by atoms with Crippen LogP contribution in [0.2, 0.25) is 0 Å². The molecule has 0 heterocycles. The molecule has 18 heavy (non-hydrogen) atoms. The third-order valence-electron chi connectivity index (χ3n) is 2.98. The molecular formula is C13H28N2O3. The van der Waals surface area contributed by atoms with Gasteiger partial charge in [0, 0.05) is 19.7 Å². The number of rotatable bonds is 11. The summed E-state index contributed by atoms with van der Waals surface area (Å²) in [5.74, 6) is -0.800. The first kappa shape index (κ1) is 17.4. The number of hydrogen-bond donors (Lipinski definition) is 2. The van der Waals surface area contributed by atoms with Gasteiger partial charge in [-0.1, -0.05) is 13.8 Å². The Bertz CT molecular complexity index is 236. The molecule has 1 unspecified atom stereocenters. The van der Waals surface area contributed by atoms with Gasteiger partial charge in [-0.25, -0.2) is 0 Å². The number of hydrogen-bond acceptors (Lipinski definition) is 4. The van der Waals surface area contributed by atoms with Gasteiger partial charge in [0.15, 0.2) is 0 Å². The third-order valence-corrected chi connectivity index (χ3v) is 2.98. The van der Waals surface area contributed by atoms with E-state index in [-0.39, 0.29) is 0 Å². The van der Waals surface area contributed by atoms with Gasteiger partial charge >= 0.3 is 5.97 Å². The number of nitrogens with one attached hydrogen (secondary N) is 1. The zero-order valence-corrected chi connectivity index (χ0v) is 12.2. The predicted octanol–water partition coefficient (Wildman–Crippen LogP) is 1.19. The summed E-state index contributed by atoms with van der Waals surface area (Å²) in [7, 11) is 0. The number of likely N-dealkylation sites (N-methyl/N-ethyl adjacent to an activating group) is 1. The van der Waals surface area contributed by atoms with Gasteiger partial charge in [-0.3, -0.25) is 9.69 Å². The second kappa shape index (κ2) is 9.30. The van der Waals surface area contributed by atoms with E-state index in [1.165, 1.54) is 0 Å². The van der Waals surface area contributed by atoms with Crippen LogP contribution in [0, 0.1) is 0 Å². The molecular weight excluding hydrogens is 232 g/mol. The van der Waals surface area contributed by atoms with Crippen LogP contribution >= 0.6 is 0 Å². The normalized spacial score (nSPS) is 14.7. The van der Waals surface area contributed by atoms with Crippen LogP contribution in [0.15, 0.2) is 0 Å². The highest BCUT2D eigenvalue weighted by molar-refractivity contribution is 5.78. The van der Waals surface area contributed by atoms with Crippen LogP contribution in [0.3, 0.4) is 0 Å². The van der Waals surface area contributed by atoms with E-state index in [9.17, 15) is 9.90 Å². The standard InChI is InChI=1S/C13H28N2O3/c1-5-8-14-13(4,12(16)17)11-15(6-2)9-10-18-7-3/h14H,5-11H2,1-4H3,(H,16,17). The van der Waals surface area contributed by atoms with Gasteiger partial charge in [0.1, 0.15) is 5.54 Å². The average Bonchev–Trinajstić information content (AvgIpc) is 2.35. The van der Waals surface area contributed by atoms with Crippen molar-refractivity contribution in [2.45, 2.75) is 39.7 Å². The summed E-state index contributed by atoms with van der Waals surface area (Å²) in [6, 6.07) is 0. The summed E-state index contributed by atoms with van der Waals surface area (Å²) in [6.45, 7) is 11.9. The zero-order chi connectivity index (χ0) is 14.0. The number of carbonyl (C=O) groups is 1. The fraction of sp³-hybridized carbons (Fsp3) is 0.923. The maximum absolute atomic E-state index is 11.4. The van der Waals surface area contributed by atoms with Gasteiger partial charge in [0.05, 0.1) is 6.61 Å². The van der Waals surface area contributed by atoms with E-state index in [1.54, 1.807) is 6.92 Å². The molecule has 5 nitrogen and oxygen atoms in total. The Morgan fingerprint density at radius 1 is 1.39 bits per heavy atom. The Labute approximate surface area is 110 Å². The molecule has 0 saturated heterocycles. The second-order valence-corrected chi connectivity index (χ2v) is 4.63. The molecule has 0 saturated carbocycles. The minimum absolute atomic E-state index is 0.492. The molecule has 0 radical (unpaired) electrons. The molecule has 0 spiro atoms. The number of nitrogens with zero attached hydrogens (tertiary/aromatic N) is 1. The maximum Gasteiger partial charge on any atom is 0.324 e. The van der Waals surface area contributed by atoms with Crippen molar-refractivity contribution in [1.29, 1.82) is 0 Å². The topological polar surface area (TPSA) is 61.8 Å². The molecule has 0 aromatic rings. The molecule has 0 rings (SSSR count). The van der Waals surface area contributed by atoms with E-state index in [0.717, 1.165) is 19.5 Å². The highest BCUT2D eigenvalue weighted by Crippen LogP contribution is 2.08. The van der Waals surface area contributed by atoms with Crippen LogP contribution < -0.4 is 5.32 Å². The predicted molar refractivity (Wildman–Crippen MR) is 72.9 cm³/mol. The van der Waals surface area contributed by atoms with Crippen molar-refractivity contribution >= 4 is 5.97 Å². The van der Waals surface area contributed by atoms with E-state index in [2.05, 4.69) is 10.2 Å². The van der Waals surface area contributed by atoms with Crippen molar-refractivity contribution in [1.82, 2.24) is 10.2 Å². The van der Waals surface area contributed by atoms with Crippen LogP contribution in [0.1, 0.15) is 34.1 Å². The van der Waals surface area contributed by atoms with Gasteiger partial charge < -0.3 is 15.2 Å². The molecule has 0 aliphatic carbocycles. The van der Waals surface area contributed by atoms with E-state index < -0.39 is 11.5 Å². The molecule has 0 fully saturated rings. The third kappa shape index (κ3) is 6.33. The lowest BCUT2D eigenvalue weighted by atomic mass is 10.0. The van der Waals surface area contributed by atoms with Crippen LogP contribution in [-0.4, -0.2) is 60.9 Å². The lowest BCUT2D eigenvalue weighted by Gasteiger charge is -2.32. The summed E-state index contributed by atoms with van der Waals surface area (Å²) in [4.78, 5) is 13.5. The first-order chi connectivity index (χ1) is 8.50. The van der Waals surface area contributed by atoms with Crippen LogP contribution in [0.25, 0.3) is 0 Å². The fourth-order valence-corrected chi connectivity index (χ4v) is 1.73. The fourth-order valence-electron chi connectivity index (χ4n) is 1.73. The van der Waals surface area contributed by atoms with Gasteiger partial charge in [0.2, 0.25) is 0 Å². The maximum atomic E-state index is 11.4. The van der Waals surface area contributed by atoms with Gasteiger partial charge in [-0.2, -0.15) is 0 Å². The van der Waals surface area contributed by atoms with E-state index in [0.29, 0.717) is 26.3 Å². The van der Waals surface area contributed by atoms with Crippen molar-refractivity contribution in [3.63, 3.8) is 0 Å². The highest BCUT2D eigenvalue weighted by Gasteiger charge is 2.33. The number of ether oxygens (including phenoxy) is 1. The SMILES string of the molecule is CCCNC(C)(CN(CC)CCOCC)C(=O)O. The summed E-state index contributed by atoms with van der Waals surface area (Å²) in [5.41, 5.74) is -0.891. The molecule has 1 atom stereocenters. The Morgan fingerprint density at radius 3 is 2.50 bits per heavy atom. The zero-order valence-electron chi connectivity index (χ0n) is 12.2. The van der Waals surface area contributed by atoms with Gasteiger partial charge in [-0.15, -0.1) is 0 Å². The monoisotopic (exact) mass is 260 g/mol. The smallest absolute Gasteiger partial charge is 0.324 e. The molecule has 0 aliphatic rings. The van der Waals surface area contributed by atoms with E-state index in [1.807, 2.05) is 20.8 Å². The molecule has 0 amide bonds. The molecule has 0 bridgehead atoms. The van der Waals surface area contributed by atoms with Crippen LogP contribution in [0.4, 0.5) is 0 Å². The minimum atomic E-state index is -0.891. The number of carboxylic acids is 1. The van der Waals surface area contributed by atoms with Gasteiger partial charge in [0.25, 0.3) is 0 Å². The molecule has 2 N–H and O–H groups in total. The quantitative estimate of drug-likeness (QED) is 0.546. The van der Waals surface area contributed by atoms with Crippen molar-refractivity contribution in [3.8, 4) is 0 Å². The lowest BCUT2D eigenvalue weighted by molar-refractivity contribution is -0.145. The summed E-state index contributed by atoms with van der Waals surface area (Å²) >= 11 is 0. The summed E-state index contributed by atoms with van der Waals surface area (Å²) in [6.07, 6.45) is 0.925.